The van der Waals surface area contributed by atoms with Gasteiger partial charge in [-0.2, -0.15) is 5.10 Å². The molecule has 2 aromatic carbocycles. The second-order valence-electron chi connectivity index (χ2n) is 7.04. The van der Waals surface area contributed by atoms with Gasteiger partial charge in [0.1, 0.15) is 0 Å². The standard InChI is InChI=1S/C25H22N4O3/c1-2-32-25(31)22-16-28-29(17-22)23-13-12-21(15-26-23)24(30)27-14-18-8-10-20(11-9-18)19-6-4-3-5-7-19/h3-13,15-17H,2,14H2,1H3,(H,27,30). The largest absolute Gasteiger partial charge is 0.462 e. The monoisotopic (exact) mass is 426 g/mol. The number of nitrogens with zero attached hydrogens (tertiary/aromatic N) is 3. The Balaban J connectivity index is 1.35. The Kier molecular flexibility index (Phi) is 6.36. The van der Waals surface area contributed by atoms with Gasteiger partial charge in [0, 0.05) is 18.9 Å². The molecule has 0 aliphatic heterocycles. The predicted octanol–water partition coefficient (Wildman–Crippen LogP) is 4.04. The number of pyridine rings is 1. The smallest absolute Gasteiger partial charge is 0.341 e. The molecular weight excluding hydrogens is 404 g/mol. The molecule has 0 aliphatic carbocycles. The van der Waals surface area contributed by atoms with Crippen molar-refractivity contribution in [1.29, 1.82) is 0 Å². The normalized spacial score (nSPS) is 10.5. The summed E-state index contributed by atoms with van der Waals surface area (Å²) < 4.78 is 6.41. The topological polar surface area (TPSA) is 86.1 Å². The van der Waals surface area contributed by atoms with Crippen molar-refractivity contribution in [2.24, 2.45) is 0 Å². The maximum atomic E-state index is 12.5. The van der Waals surface area contributed by atoms with Crippen LogP contribution in [0.4, 0.5) is 0 Å². The van der Waals surface area contributed by atoms with Crippen molar-refractivity contribution in [1.82, 2.24) is 20.1 Å². The Morgan fingerprint density at radius 3 is 2.34 bits per heavy atom. The molecular formula is C25H22N4O3. The molecule has 0 spiro atoms. The van der Waals surface area contributed by atoms with Crippen molar-refractivity contribution in [3.63, 3.8) is 0 Å². The average molecular weight is 426 g/mol. The van der Waals surface area contributed by atoms with E-state index in [-0.39, 0.29) is 5.91 Å². The van der Waals surface area contributed by atoms with E-state index in [4.69, 9.17) is 4.74 Å². The van der Waals surface area contributed by atoms with Gasteiger partial charge in [0.25, 0.3) is 5.91 Å². The van der Waals surface area contributed by atoms with E-state index in [1.54, 1.807) is 25.3 Å². The first kappa shape index (κ1) is 21.0. The summed E-state index contributed by atoms with van der Waals surface area (Å²) in [6, 6.07) is 21.6. The van der Waals surface area contributed by atoms with Crippen molar-refractivity contribution in [2.45, 2.75) is 13.5 Å². The van der Waals surface area contributed by atoms with E-state index in [2.05, 4.69) is 27.5 Å². The zero-order chi connectivity index (χ0) is 22.3. The van der Waals surface area contributed by atoms with Crippen LogP contribution >= 0.6 is 0 Å². The second kappa shape index (κ2) is 9.70. The first-order valence-corrected chi connectivity index (χ1v) is 10.2. The lowest BCUT2D eigenvalue weighted by Gasteiger charge is -2.07. The van der Waals surface area contributed by atoms with Gasteiger partial charge < -0.3 is 10.1 Å². The van der Waals surface area contributed by atoms with Crippen LogP contribution in [0.5, 0.6) is 0 Å². The summed E-state index contributed by atoms with van der Waals surface area (Å²) in [5.41, 5.74) is 4.07. The van der Waals surface area contributed by atoms with Crippen LogP contribution in [0.3, 0.4) is 0 Å². The molecule has 0 radical (unpaired) electrons. The number of amides is 1. The molecule has 160 valence electrons. The van der Waals surface area contributed by atoms with Crippen LogP contribution in [0.15, 0.2) is 85.3 Å². The Bertz CT molecular complexity index is 1200. The fraction of sp³-hybridized carbons (Fsp3) is 0.120. The van der Waals surface area contributed by atoms with Crippen molar-refractivity contribution in [3.8, 4) is 16.9 Å². The Labute approximate surface area is 185 Å². The highest BCUT2D eigenvalue weighted by Gasteiger charge is 2.12. The number of esters is 1. The number of carbonyl (C=O) groups excluding carboxylic acids is 2. The van der Waals surface area contributed by atoms with E-state index in [0.29, 0.717) is 30.1 Å². The summed E-state index contributed by atoms with van der Waals surface area (Å²) in [7, 11) is 0. The molecule has 4 aromatic rings. The number of ether oxygens (including phenoxy) is 1. The molecule has 1 amide bonds. The van der Waals surface area contributed by atoms with Gasteiger partial charge in [-0.15, -0.1) is 0 Å². The minimum atomic E-state index is -0.438. The first-order valence-electron chi connectivity index (χ1n) is 10.2. The summed E-state index contributed by atoms with van der Waals surface area (Å²) in [5, 5.41) is 7.03. The van der Waals surface area contributed by atoms with Crippen LogP contribution in [-0.2, 0) is 11.3 Å². The lowest BCUT2D eigenvalue weighted by Crippen LogP contribution is -2.23. The minimum absolute atomic E-state index is 0.219. The molecule has 0 fully saturated rings. The van der Waals surface area contributed by atoms with Crippen LogP contribution < -0.4 is 5.32 Å². The third-order valence-corrected chi connectivity index (χ3v) is 4.85. The number of rotatable bonds is 7. The van der Waals surface area contributed by atoms with Crippen LogP contribution in [-0.4, -0.2) is 33.2 Å². The quantitative estimate of drug-likeness (QED) is 0.451. The second-order valence-corrected chi connectivity index (χ2v) is 7.04. The Hall–Kier alpha value is -4.26. The molecule has 7 nitrogen and oxygen atoms in total. The summed E-state index contributed by atoms with van der Waals surface area (Å²) in [6.45, 7) is 2.45. The zero-order valence-corrected chi connectivity index (χ0v) is 17.6. The number of hydrogen-bond donors (Lipinski definition) is 1. The molecule has 0 saturated heterocycles. The van der Waals surface area contributed by atoms with Gasteiger partial charge in [-0.3, -0.25) is 4.79 Å². The number of hydrogen-bond acceptors (Lipinski definition) is 5. The van der Waals surface area contributed by atoms with Crippen LogP contribution in [0.1, 0.15) is 33.2 Å². The molecule has 0 saturated carbocycles. The lowest BCUT2D eigenvalue weighted by molar-refractivity contribution is 0.0526. The van der Waals surface area contributed by atoms with Crippen molar-refractivity contribution in [3.05, 3.63) is 102 Å². The molecule has 32 heavy (non-hydrogen) atoms. The van der Waals surface area contributed by atoms with E-state index in [0.717, 1.165) is 16.7 Å². The highest BCUT2D eigenvalue weighted by atomic mass is 16.5. The predicted molar refractivity (Wildman–Crippen MR) is 120 cm³/mol. The molecule has 0 atom stereocenters. The molecule has 0 aliphatic rings. The van der Waals surface area contributed by atoms with Crippen LogP contribution in [0.25, 0.3) is 16.9 Å². The van der Waals surface area contributed by atoms with Gasteiger partial charge in [-0.1, -0.05) is 54.6 Å². The lowest BCUT2D eigenvalue weighted by atomic mass is 10.0. The molecule has 4 rings (SSSR count). The number of aromatic nitrogens is 3. The summed E-state index contributed by atoms with van der Waals surface area (Å²) >= 11 is 0. The molecule has 0 bridgehead atoms. The fourth-order valence-electron chi connectivity index (χ4n) is 3.15. The van der Waals surface area contributed by atoms with Gasteiger partial charge in [-0.05, 0) is 35.7 Å². The Morgan fingerprint density at radius 2 is 1.66 bits per heavy atom. The third kappa shape index (κ3) is 4.89. The van der Waals surface area contributed by atoms with Gasteiger partial charge in [-0.25, -0.2) is 14.5 Å². The van der Waals surface area contributed by atoms with E-state index >= 15 is 0 Å². The molecule has 0 unspecified atom stereocenters. The molecule has 7 heteroatoms. The van der Waals surface area contributed by atoms with E-state index < -0.39 is 5.97 Å². The highest BCUT2D eigenvalue weighted by molar-refractivity contribution is 5.94. The van der Waals surface area contributed by atoms with Crippen molar-refractivity contribution in [2.75, 3.05) is 6.61 Å². The molecule has 2 aromatic heterocycles. The van der Waals surface area contributed by atoms with Gasteiger partial charge >= 0.3 is 5.97 Å². The number of nitrogens with one attached hydrogen (secondary N) is 1. The third-order valence-electron chi connectivity index (χ3n) is 4.85. The highest BCUT2D eigenvalue weighted by Crippen LogP contribution is 2.19. The average Bonchev–Trinajstić information content (AvgIpc) is 3.34. The van der Waals surface area contributed by atoms with Gasteiger partial charge in [0.15, 0.2) is 5.82 Å². The SMILES string of the molecule is CCOC(=O)c1cnn(-c2ccc(C(=O)NCc3ccc(-c4ccccc4)cc3)cn2)c1. The zero-order valence-electron chi connectivity index (χ0n) is 17.6. The first-order chi connectivity index (χ1) is 15.6. The maximum Gasteiger partial charge on any atom is 0.341 e. The van der Waals surface area contributed by atoms with Crippen LogP contribution in [0.2, 0.25) is 0 Å². The fourth-order valence-corrected chi connectivity index (χ4v) is 3.15. The molecule has 1 N–H and O–H groups in total. The number of benzene rings is 2. The number of carbonyl (C=O) groups is 2. The van der Waals surface area contributed by atoms with E-state index in [1.165, 1.54) is 17.1 Å². The van der Waals surface area contributed by atoms with Gasteiger partial charge in [0.2, 0.25) is 0 Å². The Morgan fingerprint density at radius 1 is 0.906 bits per heavy atom. The van der Waals surface area contributed by atoms with E-state index in [1.807, 2.05) is 42.5 Å². The summed E-state index contributed by atoms with van der Waals surface area (Å²) in [4.78, 5) is 28.5. The maximum absolute atomic E-state index is 12.5. The van der Waals surface area contributed by atoms with Crippen molar-refractivity contribution < 1.29 is 14.3 Å². The van der Waals surface area contributed by atoms with Gasteiger partial charge in [0.05, 0.1) is 23.9 Å². The van der Waals surface area contributed by atoms with E-state index in [9.17, 15) is 9.59 Å². The van der Waals surface area contributed by atoms with Crippen LogP contribution in [0, 0.1) is 0 Å². The minimum Gasteiger partial charge on any atom is -0.462 e. The summed E-state index contributed by atoms with van der Waals surface area (Å²) in [5.74, 6) is -0.163. The summed E-state index contributed by atoms with van der Waals surface area (Å²) in [6.07, 6.45) is 4.44. The molecule has 2 heterocycles. The van der Waals surface area contributed by atoms with Crippen molar-refractivity contribution >= 4 is 11.9 Å².